The minimum absolute atomic E-state index is 0.151. The minimum atomic E-state index is -0.341. The van der Waals surface area contributed by atoms with Gasteiger partial charge in [0.25, 0.3) is 11.8 Å². The molecule has 2 aromatic rings. The lowest BCUT2D eigenvalue weighted by Gasteiger charge is -2.12. The molecule has 0 aliphatic carbocycles. The molecule has 128 valence electrons. The molecule has 2 amide bonds. The van der Waals surface area contributed by atoms with Crippen LogP contribution < -0.4 is 10.6 Å². The molecule has 2 rings (SSSR count). The lowest BCUT2D eigenvalue weighted by atomic mass is 10.1. The van der Waals surface area contributed by atoms with E-state index in [-0.39, 0.29) is 17.6 Å². The largest absolute Gasteiger partial charge is 0.459 e. The number of anilines is 1. The van der Waals surface area contributed by atoms with E-state index in [4.69, 9.17) is 4.42 Å². The zero-order chi connectivity index (χ0) is 17.5. The second-order valence-electron chi connectivity index (χ2n) is 5.87. The van der Waals surface area contributed by atoms with Gasteiger partial charge in [0.2, 0.25) is 0 Å². The molecule has 0 aliphatic heterocycles. The molecule has 0 atom stereocenters. The lowest BCUT2D eigenvalue weighted by Crippen LogP contribution is -2.27. The van der Waals surface area contributed by atoms with Crippen LogP contribution in [0.3, 0.4) is 0 Å². The van der Waals surface area contributed by atoms with Crippen molar-refractivity contribution in [3.05, 3.63) is 53.5 Å². The zero-order valence-electron chi connectivity index (χ0n) is 14.3. The maximum Gasteiger partial charge on any atom is 0.291 e. The Kier molecular flexibility index (Phi) is 6.14. The van der Waals surface area contributed by atoms with Crippen molar-refractivity contribution in [3.63, 3.8) is 0 Å². The van der Waals surface area contributed by atoms with Gasteiger partial charge in [-0.1, -0.05) is 6.07 Å². The normalized spacial score (nSPS) is 10.7. The molecule has 1 heterocycles. The average molecular weight is 329 g/mol. The third-order valence-corrected chi connectivity index (χ3v) is 3.56. The van der Waals surface area contributed by atoms with E-state index in [1.54, 1.807) is 24.3 Å². The van der Waals surface area contributed by atoms with Gasteiger partial charge in [0.15, 0.2) is 5.76 Å². The third kappa shape index (κ3) is 4.96. The first-order valence-corrected chi connectivity index (χ1v) is 7.86. The van der Waals surface area contributed by atoms with Crippen LogP contribution in [0.15, 0.2) is 41.0 Å². The summed E-state index contributed by atoms with van der Waals surface area (Å²) in [5.74, 6) is -0.262. The number of carbonyl (C=O) groups is 2. The van der Waals surface area contributed by atoms with Gasteiger partial charge in [-0.25, -0.2) is 0 Å². The van der Waals surface area contributed by atoms with Gasteiger partial charge in [0, 0.05) is 17.8 Å². The van der Waals surface area contributed by atoms with E-state index in [1.165, 1.54) is 6.26 Å². The van der Waals surface area contributed by atoms with Crippen LogP contribution in [0.1, 0.15) is 32.9 Å². The van der Waals surface area contributed by atoms with Crippen LogP contribution in [-0.2, 0) is 0 Å². The second kappa shape index (κ2) is 8.31. The molecule has 0 aliphatic rings. The number of hydrogen-bond acceptors (Lipinski definition) is 4. The first kappa shape index (κ1) is 17.7. The highest BCUT2D eigenvalue weighted by atomic mass is 16.3. The monoisotopic (exact) mass is 329 g/mol. The summed E-state index contributed by atoms with van der Waals surface area (Å²) in [5, 5.41) is 5.66. The maximum atomic E-state index is 12.2. The molecule has 1 aromatic carbocycles. The molecule has 0 saturated carbocycles. The summed E-state index contributed by atoms with van der Waals surface area (Å²) >= 11 is 0. The number of carbonyl (C=O) groups excluding carboxylic acids is 2. The number of rotatable bonds is 7. The van der Waals surface area contributed by atoms with Crippen LogP contribution in [-0.4, -0.2) is 43.9 Å². The van der Waals surface area contributed by atoms with Gasteiger partial charge >= 0.3 is 0 Å². The summed E-state index contributed by atoms with van der Waals surface area (Å²) in [7, 11) is 3.99. The standard InChI is InChI=1S/C18H23N3O3/c1-13-7-8-14(17(22)19-9-5-10-21(2)3)12-15(13)20-18(23)16-6-4-11-24-16/h4,6-8,11-12H,5,9-10H2,1-3H3,(H,19,22)(H,20,23). The smallest absolute Gasteiger partial charge is 0.291 e. The minimum Gasteiger partial charge on any atom is -0.459 e. The molecule has 0 bridgehead atoms. The summed E-state index contributed by atoms with van der Waals surface area (Å²) in [4.78, 5) is 26.4. The van der Waals surface area contributed by atoms with Crippen LogP contribution in [0, 0.1) is 6.92 Å². The molecule has 6 nitrogen and oxygen atoms in total. The fraction of sp³-hybridized carbons (Fsp3) is 0.333. The van der Waals surface area contributed by atoms with E-state index in [9.17, 15) is 9.59 Å². The number of amides is 2. The SMILES string of the molecule is Cc1ccc(C(=O)NCCCN(C)C)cc1NC(=O)c1ccco1. The van der Waals surface area contributed by atoms with Crippen molar-refractivity contribution in [3.8, 4) is 0 Å². The number of furan rings is 1. The van der Waals surface area contributed by atoms with Crippen molar-refractivity contribution in [1.29, 1.82) is 0 Å². The average Bonchev–Trinajstić information content (AvgIpc) is 3.07. The Hall–Kier alpha value is -2.60. The second-order valence-corrected chi connectivity index (χ2v) is 5.87. The van der Waals surface area contributed by atoms with E-state index in [1.807, 2.05) is 27.1 Å². The summed E-state index contributed by atoms with van der Waals surface area (Å²) in [6.45, 7) is 3.40. The van der Waals surface area contributed by atoms with Crippen LogP contribution in [0.4, 0.5) is 5.69 Å². The van der Waals surface area contributed by atoms with Gasteiger partial charge in [-0.2, -0.15) is 0 Å². The first-order valence-electron chi connectivity index (χ1n) is 7.86. The highest BCUT2D eigenvalue weighted by Crippen LogP contribution is 2.18. The van der Waals surface area contributed by atoms with Crippen LogP contribution in [0.25, 0.3) is 0 Å². The Bertz CT molecular complexity index is 694. The quantitative estimate of drug-likeness (QED) is 0.766. The molecule has 0 spiro atoms. The molecule has 0 saturated heterocycles. The first-order chi connectivity index (χ1) is 11.5. The third-order valence-electron chi connectivity index (χ3n) is 3.56. The van der Waals surface area contributed by atoms with Crippen LogP contribution >= 0.6 is 0 Å². The van der Waals surface area contributed by atoms with Crippen LogP contribution in [0.5, 0.6) is 0 Å². The Labute approximate surface area is 141 Å². The molecule has 2 N–H and O–H groups in total. The summed E-state index contributed by atoms with van der Waals surface area (Å²) in [5.41, 5.74) is 1.98. The van der Waals surface area contributed by atoms with E-state index in [2.05, 4.69) is 15.5 Å². The van der Waals surface area contributed by atoms with E-state index < -0.39 is 0 Å². The van der Waals surface area contributed by atoms with Gasteiger partial charge in [0.1, 0.15) is 0 Å². The number of hydrogen-bond donors (Lipinski definition) is 2. The number of nitrogens with one attached hydrogen (secondary N) is 2. The fourth-order valence-electron chi connectivity index (χ4n) is 2.19. The summed E-state index contributed by atoms with van der Waals surface area (Å²) in [6.07, 6.45) is 2.33. The Balaban J connectivity index is 1.99. The molecule has 0 radical (unpaired) electrons. The lowest BCUT2D eigenvalue weighted by molar-refractivity contribution is 0.0950. The molecule has 0 fully saturated rings. The molecular weight excluding hydrogens is 306 g/mol. The Morgan fingerprint density at radius 1 is 1.17 bits per heavy atom. The Morgan fingerprint density at radius 3 is 2.62 bits per heavy atom. The molecule has 6 heteroatoms. The summed E-state index contributed by atoms with van der Waals surface area (Å²) < 4.78 is 5.07. The predicted molar refractivity (Wildman–Crippen MR) is 93.3 cm³/mol. The van der Waals surface area contributed by atoms with Gasteiger partial charge in [-0.3, -0.25) is 9.59 Å². The van der Waals surface area contributed by atoms with Gasteiger partial charge in [-0.05, 0) is 63.8 Å². The van der Waals surface area contributed by atoms with Gasteiger partial charge < -0.3 is 20.0 Å². The van der Waals surface area contributed by atoms with Crippen molar-refractivity contribution in [2.24, 2.45) is 0 Å². The highest BCUT2D eigenvalue weighted by molar-refractivity contribution is 6.03. The fourth-order valence-corrected chi connectivity index (χ4v) is 2.19. The van der Waals surface area contributed by atoms with Crippen LogP contribution in [0.2, 0.25) is 0 Å². The topological polar surface area (TPSA) is 74.6 Å². The molecule has 24 heavy (non-hydrogen) atoms. The van der Waals surface area contributed by atoms with E-state index in [0.717, 1.165) is 18.5 Å². The molecule has 0 unspecified atom stereocenters. The van der Waals surface area contributed by atoms with Gasteiger partial charge in [0.05, 0.1) is 6.26 Å². The number of nitrogens with zero attached hydrogens (tertiary/aromatic N) is 1. The van der Waals surface area contributed by atoms with Crippen molar-refractivity contribution in [2.45, 2.75) is 13.3 Å². The van der Waals surface area contributed by atoms with Crippen molar-refractivity contribution in [1.82, 2.24) is 10.2 Å². The molecule has 1 aromatic heterocycles. The van der Waals surface area contributed by atoms with E-state index in [0.29, 0.717) is 17.8 Å². The van der Waals surface area contributed by atoms with Crippen molar-refractivity contribution in [2.75, 3.05) is 32.5 Å². The zero-order valence-corrected chi connectivity index (χ0v) is 14.3. The summed E-state index contributed by atoms with van der Waals surface area (Å²) in [6, 6.07) is 8.48. The van der Waals surface area contributed by atoms with E-state index >= 15 is 0 Å². The number of benzene rings is 1. The van der Waals surface area contributed by atoms with Crippen molar-refractivity contribution >= 4 is 17.5 Å². The van der Waals surface area contributed by atoms with Crippen molar-refractivity contribution < 1.29 is 14.0 Å². The predicted octanol–water partition coefficient (Wildman–Crippen LogP) is 2.52. The highest BCUT2D eigenvalue weighted by Gasteiger charge is 2.12. The Morgan fingerprint density at radius 2 is 1.96 bits per heavy atom. The van der Waals surface area contributed by atoms with Gasteiger partial charge in [-0.15, -0.1) is 0 Å². The maximum absolute atomic E-state index is 12.2. The number of aryl methyl sites for hydroxylation is 1. The molecular formula is C18H23N3O3.